The molecule has 2 aromatic rings. The number of carbonyl (C=O) groups is 2. The highest BCUT2D eigenvalue weighted by Gasteiger charge is 2.30. The normalized spacial score (nSPS) is 13.7. The summed E-state index contributed by atoms with van der Waals surface area (Å²) in [6, 6.07) is 12.4. The van der Waals surface area contributed by atoms with Crippen LogP contribution in [0.15, 0.2) is 53.4 Å². The number of benzene rings is 2. The first-order valence-corrected chi connectivity index (χ1v) is 10.2. The van der Waals surface area contributed by atoms with Crippen molar-refractivity contribution in [2.24, 2.45) is 0 Å². The number of hydrogen-bond donors (Lipinski definition) is 0. The predicted molar refractivity (Wildman–Crippen MR) is 107 cm³/mol. The van der Waals surface area contributed by atoms with E-state index in [1.165, 1.54) is 17.0 Å². The van der Waals surface area contributed by atoms with Crippen LogP contribution in [-0.2, 0) is 22.3 Å². The second-order valence-electron chi connectivity index (χ2n) is 6.81. The van der Waals surface area contributed by atoms with Gasteiger partial charge < -0.3 is 9.80 Å². The van der Waals surface area contributed by atoms with E-state index in [0.717, 1.165) is 28.5 Å². The van der Waals surface area contributed by atoms with E-state index < -0.39 is 11.7 Å². The van der Waals surface area contributed by atoms with Crippen molar-refractivity contribution < 1.29 is 22.8 Å². The summed E-state index contributed by atoms with van der Waals surface area (Å²) in [7, 11) is 1.58. The molecule has 8 heteroatoms. The largest absolute Gasteiger partial charge is 0.416 e. The molecule has 0 aliphatic carbocycles. The first-order chi connectivity index (χ1) is 13.8. The highest BCUT2D eigenvalue weighted by atomic mass is 32.2. The number of thioether (sulfide) groups is 1. The van der Waals surface area contributed by atoms with Gasteiger partial charge in [0.1, 0.15) is 0 Å². The van der Waals surface area contributed by atoms with Gasteiger partial charge in [-0.3, -0.25) is 9.59 Å². The highest BCUT2D eigenvalue weighted by Crippen LogP contribution is 2.34. The van der Waals surface area contributed by atoms with Crippen LogP contribution in [0.25, 0.3) is 0 Å². The average Bonchev–Trinajstić information content (AvgIpc) is 2.71. The van der Waals surface area contributed by atoms with Crippen LogP contribution in [0.5, 0.6) is 0 Å². The lowest BCUT2D eigenvalue weighted by Gasteiger charge is -2.29. The molecular formula is C21H21F3N2O2S. The maximum atomic E-state index is 12.6. The number of hydrogen-bond acceptors (Lipinski definition) is 3. The minimum absolute atomic E-state index is 0.0573. The zero-order valence-corrected chi connectivity index (χ0v) is 16.7. The van der Waals surface area contributed by atoms with Crippen molar-refractivity contribution in [2.75, 3.05) is 24.2 Å². The molecule has 3 rings (SSSR count). The molecule has 29 heavy (non-hydrogen) atoms. The van der Waals surface area contributed by atoms with Crippen LogP contribution in [0.3, 0.4) is 0 Å². The van der Waals surface area contributed by atoms with Gasteiger partial charge in [-0.1, -0.05) is 24.3 Å². The molecule has 0 saturated carbocycles. The summed E-state index contributed by atoms with van der Waals surface area (Å²) in [5.74, 6) is 0.483. The van der Waals surface area contributed by atoms with Crippen molar-refractivity contribution in [3.8, 4) is 0 Å². The molecule has 4 nitrogen and oxygen atoms in total. The Bertz CT molecular complexity index is 884. The Labute approximate surface area is 171 Å². The molecule has 0 aromatic heterocycles. The van der Waals surface area contributed by atoms with Crippen LogP contribution in [0, 0.1) is 0 Å². The highest BCUT2D eigenvalue weighted by molar-refractivity contribution is 7.99. The van der Waals surface area contributed by atoms with Crippen molar-refractivity contribution in [3.63, 3.8) is 0 Å². The Morgan fingerprint density at radius 3 is 2.45 bits per heavy atom. The Kier molecular flexibility index (Phi) is 6.52. The van der Waals surface area contributed by atoms with Crippen molar-refractivity contribution in [2.45, 2.75) is 30.5 Å². The summed E-state index contributed by atoms with van der Waals surface area (Å²) >= 11 is 1.70. The van der Waals surface area contributed by atoms with Crippen molar-refractivity contribution in [1.82, 2.24) is 4.90 Å². The zero-order chi connectivity index (χ0) is 21.0. The lowest BCUT2D eigenvalue weighted by atomic mass is 10.1. The van der Waals surface area contributed by atoms with Crippen molar-refractivity contribution >= 4 is 29.3 Å². The van der Waals surface area contributed by atoms with Crippen LogP contribution in [-0.4, -0.2) is 36.1 Å². The second-order valence-corrected chi connectivity index (χ2v) is 7.94. The van der Waals surface area contributed by atoms with Gasteiger partial charge in [0.15, 0.2) is 0 Å². The van der Waals surface area contributed by atoms with Crippen LogP contribution >= 0.6 is 11.8 Å². The summed E-state index contributed by atoms with van der Waals surface area (Å²) in [5.41, 5.74) is 0.752. The van der Waals surface area contributed by atoms with Gasteiger partial charge in [-0.15, -0.1) is 11.8 Å². The van der Waals surface area contributed by atoms with Gasteiger partial charge in [0.2, 0.25) is 11.8 Å². The maximum Gasteiger partial charge on any atom is 0.416 e. The summed E-state index contributed by atoms with van der Waals surface area (Å²) in [6.07, 6.45) is -4.23. The number of carbonyl (C=O) groups excluding carboxylic acids is 2. The van der Waals surface area contributed by atoms with Gasteiger partial charge in [-0.05, 0) is 29.8 Å². The first kappa shape index (κ1) is 21.2. The Balaban J connectivity index is 1.53. The molecule has 2 aromatic carbocycles. The molecule has 0 radical (unpaired) electrons. The molecule has 0 N–H and O–H groups in total. The fourth-order valence-corrected chi connectivity index (χ4v) is 4.12. The van der Waals surface area contributed by atoms with Crippen LogP contribution in [0.1, 0.15) is 24.0 Å². The minimum atomic E-state index is -4.38. The van der Waals surface area contributed by atoms with Gasteiger partial charge in [0.05, 0.1) is 11.3 Å². The molecule has 0 unspecified atom stereocenters. The lowest BCUT2D eigenvalue weighted by Crippen LogP contribution is -2.36. The number of para-hydroxylation sites is 1. The number of alkyl halides is 3. The Morgan fingerprint density at radius 2 is 1.76 bits per heavy atom. The molecule has 1 aliphatic heterocycles. The van der Waals surface area contributed by atoms with Crippen LogP contribution in [0.4, 0.5) is 18.9 Å². The Hall–Kier alpha value is -2.48. The second kappa shape index (κ2) is 8.90. The van der Waals surface area contributed by atoms with Gasteiger partial charge in [-0.2, -0.15) is 13.2 Å². The molecule has 0 saturated heterocycles. The lowest BCUT2D eigenvalue weighted by molar-refractivity contribution is -0.137. The van der Waals surface area contributed by atoms with E-state index in [1.807, 2.05) is 24.3 Å². The predicted octanol–water partition coefficient (Wildman–Crippen LogP) is 4.58. The van der Waals surface area contributed by atoms with Crippen LogP contribution in [0.2, 0.25) is 0 Å². The number of halogens is 3. The van der Waals surface area contributed by atoms with Gasteiger partial charge in [0, 0.05) is 43.6 Å². The van der Waals surface area contributed by atoms with E-state index in [-0.39, 0.29) is 31.2 Å². The average molecular weight is 422 g/mol. The van der Waals surface area contributed by atoms with E-state index in [1.54, 1.807) is 23.7 Å². The van der Waals surface area contributed by atoms with E-state index in [4.69, 9.17) is 0 Å². The third-order valence-electron chi connectivity index (χ3n) is 4.71. The first-order valence-electron chi connectivity index (χ1n) is 9.18. The number of anilines is 1. The third-order valence-corrected chi connectivity index (χ3v) is 5.75. The number of nitrogens with zero attached hydrogens (tertiary/aromatic N) is 2. The fourth-order valence-electron chi connectivity index (χ4n) is 3.13. The molecule has 0 fully saturated rings. The molecule has 0 spiro atoms. The number of amides is 2. The van der Waals surface area contributed by atoms with E-state index >= 15 is 0 Å². The molecule has 2 amide bonds. The summed E-state index contributed by atoms with van der Waals surface area (Å²) in [6.45, 7) is 0.796. The molecule has 1 heterocycles. The van der Waals surface area contributed by atoms with E-state index in [0.29, 0.717) is 12.1 Å². The number of rotatable bonds is 5. The standard InChI is InChI=1S/C21H21F3N2O2S/c1-25(14-15-6-8-16(9-7-15)21(22,23)24)19(27)10-11-20(28)26-12-13-29-18-5-3-2-4-17(18)26/h2-9H,10-14H2,1H3. The fraction of sp³-hybridized carbons (Fsp3) is 0.333. The third kappa shape index (κ3) is 5.32. The summed E-state index contributed by atoms with van der Waals surface area (Å²) in [5, 5.41) is 0. The molecule has 0 bridgehead atoms. The van der Waals surface area contributed by atoms with Crippen molar-refractivity contribution in [3.05, 3.63) is 59.7 Å². The van der Waals surface area contributed by atoms with Crippen molar-refractivity contribution in [1.29, 1.82) is 0 Å². The molecule has 0 atom stereocenters. The van der Waals surface area contributed by atoms with Gasteiger partial charge >= 0.3 is 6.18 Å². The molecular weight excluding hydrogens is 401 g/mol. The monoisotopic (exact) mass is 422 g/mol. The van der Waals surface area contributed by atoms with Gasteiger partial charge in [-0.25, -0.2) is 0 Å². The topological polar surface area (TPSA) is 40.6 Å². The summed E-state index contributed by atoms with van der Waals surface area (Å²) < 4.78 is 37.9. The zero-order valence-electron chi connectivity index (χ0n) is 15.9. The van der Waals surface area contributed by atoms with Crippen LogP contribution < -0.4 is 4.90 Å². The molecule has 154 valence electrons. The Morgan fingerprint density at radius 1 is 1.07 bits per heavy atom. The summed E-state index contributed by atoms with van der Waals surface area (Å²) in [4.78, 5) is 29.2. The molecule has 1 aliphatic rings. The number of fused-ring (bicyclic) bond motifs is 1. The quantitative estimate of drug-likeness (QED) is 0.708. The maximum absolute atomic E-state index is 12.6. The van der Waals surface area contributed by atoms with E-state index in [9.17, 15) is 22.8 Å². The van der Waals surface area contributed by atoms with Gasteiger partial charge in [0.25, 0.3) is 0 Å². The SMILES string of the molecule is CN(Cc1ccc(C(F)(F)F)cc1)C(=O)CCC(=O)N1CCSc2ccccc21. The minimum Gasteiger partial charge on any atom is -0.341 e. The van der Waals surface area contributed by atoms with E-state index in [2.05, 4.69) is 0 Å². The smallest absolute Gasteiger partial charge is 0.341 e.